The van der Waals surface area contributed by atoms with Gasteiger partial charge in [0.05, 0.1) is 0 Å². The van der Waals surface area contributed by atoms with Gasteiger partial charge in [-0.1, -0.05) is 49.4 Å². The van der Waals surface area contributed by atoms with Crippen LogP contribution in [0.25, 0.3) is 5.57 Å². The Morgan fingerprint density at radius 3 is 2.57 bits per heavy atom. The third kappa shape index (κ3) is 2.59. The van der Waals surface area contributed by atoms with E-state index in [1.807, 2.05) is 0 Å². The first-order valence-electron chi connectivity index (χ1n) is 5.18. The van der Waals surface area contributed by atoms with Gasteiger partial charge < -0.3 is 0 Å². The summed E-state index contributed by atoms with van der Waals surface area (Å²) in [5, 5.41) is 0. The molecule has 1 rings (SSSR count). The van der Waals surface area contributed by atoms with Crippen molar-refractivity contribution in [2.75, 3.05) is 0 Å². The summed E-state index contributed by atoms with van der Waals surface area (Å²) in [6.07, 6.45) is 7.61. The molecule has 0 nitrogen and oxygen atoms in total. The summed E-state index contributed by atoms with van der Waals surface area (Å²) in [7, 11) is 0. The fraction of sp³-hybridized carbons (Fsp3) is 0.286. The molecule has 14 heavy (non-hydrogen) atoms. The van der Waals surface area contributed by atoms with E-state index in [1.165, 1.54) is 16.7 Å². The van der Waals surface area contributed by atoms with Crippen molar-refractivity contribution >= 4 is 5.57 Å². The Hall–Kier alpha value is -1.30. The van der Waals surface area contributed by atoms with E-state index in [2.05, 4.69) is 63.3 Å². The Morgan fingerprint density at radius 2 is 2.00 bits per heavy atom. The Balaban J connectivity index is 3.12. The van der Waals surface area contributed by atoms with Gasteiger partial charge in [0, 0.05) is 0 Å². The SMILES string of the molecule is C/C=C\C(=CCC)c1ccccc1C. The highest BCUT2D eigenvalue weighted by Gasteiger charge is 1.99. The zero-order chi connectivity index (χ0) is 10.4. The molecule has 0 N–H and O–H groups in total. The van der Waals surface area contributed by atoms with Crippen LogP contribution >= 0.6 is 0 Å². The molecular formula is C14H18. The molecule has 0 bridgehead atoms. The molecule has 0 spiro atoms. The van der Waals surface area contributed by atoms with Crippen molar-refractivity contribution < 1.29 is 0 Å². The van der Waals surface area contributed by atoms with Crippen molar-refractivity contribution in [2.45, 2.75) is 27.2 Å². The van der Waals surface area contributed by atoms with Crippen molar-refractivity contribution in [3.8, 4) is 0 Å². The summed E-state index contributed by atoms with van der Waals surface area (Å²) >= 11 is 0. The maximum Gasteiger partial charge on any atom is -0.0158 e. The molecule has 0 amide bonds. The number of hydrogen-bond donors (Lipinski definition) is 0. The quantitative estimate of drug-likeness (QED) is 0.615. The molecule has 0 aliphatic rings. The molecule has 1 aromatic carbocycles. The van der Waals surface area contributed by atoms with E-state index in [0.717, 1.165) is 6.42 Å². The summed E-state index contributed by atoms with van der Waals surface area (Å²) in [6, 6.07) is 8.51. The fourth-order valence-electron chi connectivity index (χ4n) is 1.56. The largest absolute Gasteiger partial charge is 0.0871 e. The maximum atomic E-state index is 2.27. The predicted molar refractivity (Wildman–Crippen MR) is 64.3 cm³/mol. The average molecular weight is 186 g/mol. The molecule has 0 fully saturated rings. The van der Waals surface area contributed by atoms with Crippen molar-refractivity contribution in [3.05, 3.63) is 53.6 Å². The number of allylic oxidation sites excluding steroid dienone is 4. The van der Waals surface area contributed by atoms with Crippen molar-refractivity contribution in [1.82, 2.24) is 0 Å². The summed E-state index contributed by atoms with van der Waals surface area (Å²) in [5.41, 5.74) is 4.01. The highest BCUT2D eigenvalue weighted by molar-refractivity contribution is 5.75. The molecule has 0 radical (unpaired) electrons. The van der Waals surface area contributed by atoms with Crippen LogP contribution in [0.4, 0.5) is 0 Å². The van der Waals surface area contributed by atoms with Gasteiger partial charge >= 0.3 is 0 Å². The van der Waals surface area contributed by atoms with E-state index < -0.39 is 0 Å². The van der Waals surface area contributed by atoms with E-state index in [4.69, 9.17) is 0 Å². The molecule has 0 atom stereocenters. The highest BCUT2D eigenvalue weighted by Crippen LogP contribution is 2.20. The molecule has 1 aromatic rings. The summed E-state index contributed by atoms with van der Waals surface area (Å²) < 4.78 is 0. The van der Waals surface area contributed by atoms with E-state index in [9.17, 15) is 0 Å². The zero-order valence-corrected chi connectivity index (χ0v) is 9.25. The second-order valence-corrected chi connectivity index (χ2v) is 3.38. The Morgan fingerprint density at radius 1 is 1.29 bits per heavy atom. The Kier molecular flexibility index (Phi) is 4.18. The molecule has 0 unspecified atom stereocenters. The van der Waals surface area contributed by atoms with Gasteiger partial charge in [0.25, 0.3) is 0 Å². The smallest absolute Gasteiger partial charge is 0.0158 e. The third-order valence-corrected chi connectivity index (χ3v) is 2.23. The minimum atomic E-state index is 1.08. The van der Waals surface area contributed by atoms with Crippen molar-refractivity contribution in [1.29, 1.82) is 0 Å². The lowest BCUT2D eigenvalue weighted by molar-refractivity contribution is 1.22. The monoisotopic (exact) mass is 186 g/mol. The summed E-state index contributed by atoms with van der Waals surface area (Å²) in [4.78, 5) is 0. The minimum absolute atomic E-state index is 1.08. The number of benzene rings is 1. The van der Waals surface area contributed by atoms with Crippen LogP contribution in [-0.4, -0.2) is 0 Å². The van der Waals surface area contributed by atoms with Crippen LogP contribution in [0.3, 0.4) is 0 Å². The van der Waals surface area contributed by atoms with Crippen LogP contribution in [0.5, 0.6) is 0 Å². The van der Waals surface area contributed by atoms with Gasteiger partial charge in [0.2, 0.25) is 0 Å². The van der Waals surface area contributed by atoms with Crippen LogP contribution < -0.4 is 0 Å². The second-order valence-electron chi connectivity index (χ2n) is 3.38. The molecule has 0 aliphatic heterocycles. The molecule has 0 heteroatoms. The predicted octanol–water partition coefficient (Wildman–Crippen LogP) is 4.36. The highest BCUT2D eigenvalue weighted by atomic mass is 14.0. The van der Waals surface area contributed by atoms with Crippen LogP contribution in [0, 0.1) is 6.92 Å². The molecular weight excluding hydrogens is 168 g/mol. The maximum absolute atomic E-state index is 2.27. The zero-order valence-electron chi connectivity index (χ0n) is 9.25. The van der Waals surface area contributed by atoms with Gasteiger partial charge in [-0.05, 0) is 37.0 Å². The van der Waals surface area contributed by atoms with E-state index in [-0.39, 0.29) is 0 Å². The lowest BCUT2D eigenvalue weighted by atomic mass is 9.99. The van der Waals surface area contributed by atoms with Crippen LogP contribution in [0.1, 0.15) is 31.4 Å². The number of aryl methyl sites for hydroxylation is 1. The van der Waals surface area contributed by atoms with E-state index in [1.54, 1.807) is 0 Å². The lowest BCUT2D eigenvalue weighted by Gasteiger charge is -2.06. The average Bonchev–Trinajstić information content (AvgIpc) is 2.18. The van der Waals surface area contributed by atoms with Crippen LogP contribution in [0.2, 0.25) is 0 Å². The van der Waals surface area contributed by atoms with Crippen LogP contribution in [-0.2, 0) is 0 Å². The van der Waals surface area contributed by atoms with Gasteiger partial charge in [0.15, 0.2) is 0 Å². The number of rotatable bonds is 3. The first kappa shape index (κ1) is 10.8. The lowest BCUT2D eigenvalue weighted by Crippen LogP contribution is -1.85. The van der Waals surface area contributed by atoms with Crippen molar-refractivity contribution in [2.24, 2.45) is 0 Å². The van der Waals surface area contributed by atoms with Crippen molar-refractivity contribution in [3.63, 3.8) is 0 Å². The molecule has 0 saturated heterocycles. The molecule has 0 aliphatic carbocycles. The topological polar surface area (TPSA) is 0 Å². The normalized spacial score (nSPS) is 12.4. The molecule has 74 valence electrons. The Labute approximate surface area is 87.0 Å². The van der Waals surface area contributed by atoms with Gasteiger partial charge in [-0.2, -0.15) is 0 Å². The molecule has 0 heterocycles. The first-order chi connectivity index (χ1) is 6.79. The van der Waals surface area contributed by atoms with Gasteiger partial charge in [0.1, 0.15) is 0 Å². The van der Waals surface area contributed by atoms with Gasteiger partial charge in [-0.3, -0.25) is 0 Å². The van der Waals surface area contributed by atoms with Gasteiger partial charge in [-0.15, -0.1) is 0 Å². The van der Waals surface area contributed by atoms with Gasteiger partial charge in [-0.25, -0.2) is 0 Å². The summed E-state index contributed by atoms with van der Waals surface area (Å²) in [5.74, 6) is 0. The fourth-order valence-corrected chi connectivity index (χ4v) is 1.56. The minimum Gasteiger partial charge on any atom is -0.0871 e. The standard InChI is InChI=1S/C14H18/c1-4-8-13(9-5-2)14-11-7-6-10-12(14)3/h4,6-11H,5H2,1-3H3/b8-4-,13-9?. The Bertz CT molecular complexity index is 343. The first-order valence-corrected chi connectivity index (χ1v) is 5.18. The second kappa shape index (κ2) is 5.43. The van der Waals surface area contributed by atoms with E-state index >= 15 is 0 Å². The van der Waals surface area contributed by atoms with Crippen LogP contribution in [0.15, 0.2) is 42.5 Å². The summed E-state index contributed by atoms with van der Waals surface area (Å²) in [6.45, 7) is 6.38. The number of hydrogen-bond acceptors (Lipinski definition) is 0. The van der Waals surface area contributed by atoms with E-state index in [0.29, 0.717) is 0 Å². The molecule has 0 saturated carbocycles. The third-order valence-electron chi connectivity index (χ3n) is 2.23. The molecule has 0 aromatic heterocycles.